The van der Waals surface area contributed by atoms with Crippen molar-refractivity contribution in [2.75, 3.05) is 0 Å². The number of carbonyl (C=O) groups excluding carboxylic acids is 1. The standard InChI is InChI=1S/C15H12N4O6/c16-14(8-10-4-6-12(7-5-10)18(21)22)17-25-15(20)11-2-1-3-13(9-11)19(23)24/h1-7,9H,8H2,(H2,16,17). The largest absolute Gasteiger partial charge is 0.384 e. The number of non-ortho nitro benzene ring substituents is 2. The predicted octanol–water partition coefficient (Wildman–Crippen LogP) is 2.17. The smallest absolute Gasteiger partial charge is 0.366 e. The van der Waals surface area contributed by atoms with E-state index in [2.05, 4.69) is 9.99 Å². The number of hydrogen-bond acceptors (Lipinski definition) is 7. The Morgan fingerprint density at radius 3 is 2.28 bits per heavy atom. The summed E-state index contributed by atoms with van der Waals surface area (Å²) in [6.07, 6.45) is 0.111. The van der Waals surface area contributed by atoms with Gasteiger partial charge in [0.2, 0.25) is 0 Å². The normalized spacial score (nSPS) is 11.0. The second kappa shape index (κ2) is 7.64. The third-order valence-corrected chi connectivity index (χ3v) is 3.07. The summed E-state index contributed by atoms with van der Waals surface area (Å²) in [4.78, 5) is 36.5. The first-order chi connectivity index (χ1) is 11.9. The lowest BCUT2D eigenvalue weighted by molar-refractivity contribution is -0.385. The van der Waals surface area contributed by atoms with Crippen LogP contribution in [0, 0.1) is 20.2 Å². The number of oxime groups is 1. The summed E-state index contributed by atoms with van der Waals surface area (Å²) >= 11 is 0. The lowest BCUT2D eigenvalue weighted by atomic mass is 10.1. The molecule has 0 saturated heterocycles. The topological polar surface area (TPSA) is 151 Å². The molecule has 2 rings (SSSR count). The highest BCUT2D eigenvalue weighted by molar-refractivity contribution is 5.91. The molecule has 0 radical (unpaired) electrons. The zero-order valence-corrected chi connectivity index (χ0v) is 12.7. The van der Waals surface area contributed by atoms with Crippen LogP contribution in [0.15, 0.2) is 53.7 Å². The summed E-state index contributed by atoms with van der Waals surface area (Å²) < 4.78 is 0. The fourth-order valence-electron chi connectivity index (χ4n) is 1.88. The Bertz CT molecular complexity index is 847. The molecule has 10 heteroatoms. The third kappa shape index (κ3) is 4.82. The average Bonchev–Trinajstić information content (AvgIpc) is 2.60. The lowest BCUT2D eigenvalue weighted by Gasteiger charge is -2.02. The van der Waals surface area contributed by atoms with E-state index in [-0.39, 0.29) is 29.2 Å². The highest BCUT2D eigenvalue weighted by atomic mass is 16.7. The molecule has 0 heterocycles. The van der Waals surface area contributed by atoms with Crippen molar-refractivity contribution in [1.29, 1.82) is 0 Å². The van der Waals surface area contributed by atoms with E-state index in [1.54, 1.807) is 0 Å². The minimum Gasteiger partial charge on any atom is -0.384 e. The predicted molar refractivity (Wildman–Crippen MR) is 86.9 cm³/mol. The summed E-state index contributed by atoms with van der Waals surface area (Å²) in [7, 11) is 0. The number of hydrogen-bond donors (Lipinski definition) is 1. The number of nitrogens with two attached hydrogens (primary N) is 1. The van der Waals surface area contributed by atoms with Crippen LogP contribution in [-0.2, 0) is 11.3 Å². The number of carbonyl (C=O) groups is 1. The Balaban J connectivity index is 2.00. The molecule has 0 bridgehead atoms. The van der Waals surface area contributed by atoms with E-state index in [9.17, 15) is 25.0 Å². The van der Waals surface area contributed by atoms with Crippen LogP contribution in [0.25, 0.3) is 0 Å². The van der Waals surface area contributed by atoms with Gasteiger partial charge in [-0.25, -0.2) is 4.79 Å². The van der Waals surface area contributed by atoms with E-state index in [0.29, 0.717) is 5.56 Å². The molecule has 0 fully saturated rings. The highest BCUT2D eigenvalue weighted by Gasteiger charge is 2.13. The molecule has 128 valence electrons. The molecule has 0 saturated carbocycles. The highest BCUT2D eigenvalue weighted by Crippen LogP contribution is 2.14. The van der Waals surface area contributed by atoms with E-state index in [0.717, 1.165) is 6.07 Å². The molecule has 0 aliphatic heterocycles. The minimum atomic E-state index is -0.893. The molecule has 0 atom stereocenters. The Hall–Kier alpha value is -3.82. The van der Waals surface area contributed by atoms with Gasteiger partial charge in [0.25, 0.3) is 11.4 Å². The van der Waals surface area contributed by atoms with Gasteiger partial charge >= 0.3 is 5.97 Å². The molecule has 2 aromatic carbocycles. The van der Waals surface area contributed by atoms with Crippen molar-refractivity contribution in [2.24, 2.45) is 10.9 Å². The van der Waals surface area contributed by atoms with Crippen molar-refractivity contribution >= 4 is 23.2 Å². The van der Waals surface area contributed by atoms with Gasteiger partial charge in [-0.3, -0.25) is 20.2 Å². The van der Waals surface area contributed by atoms with E-state index in [4.69, 9.17) is 5.73 Å². The first kappa shape index (κ1) is 17.5. The van der Waals surface area contributed by atoms with Gasteiger partial charge < -0.3 is 10.6 Å². The zero-order chi connectivity index (χ0) is 18.4. The molecule has 0 unspecified atom stereocenters. The Morgan fingerprint density at radius 2 is 1.68 bits per heavy atom. The number of nitro groups is 2. The molecule has 0 aliphatic rings. The fraction of sp³-hybridized carbons (Fsp3) is 0.0667. The van der Waals surface area contributed by atoms with Crippen LogP contribution in [-0.4, -0.2) is 21.7 Å². The van der Waals surface area contributed by atoms with Crippen LogP contribution >= 0.6 is 0 Å². The van der Waals surface area contributed by atoms with Gasteiger partial charge in [0.15, 0.2) is 0 Å². The summed E-state index contributed by atoms with van der Waals surface area (Å²) in [5.41, 5.74) is 5.92. The molecule has 2 N–H and O–H groups in total. The van der Waals surface area contributed by atoms with Crippen LogP contribution in [0.4, 0.5) is 11.4 Å². The minimum absolute atomic E-state index is 0.0346. The molecular weight excluding hydrogens is 332 g/mol. The van der Waals surface area contributed by atoms with Gasteiger partial charge in [-0.2, -0.15) is 0 Å². The molecular formula is C15H12N4O6. The summed E-state index contributed by atoms with van der Waals surface area (Å²) in [5, 5.41) is 24.7. The van der Waals surface area contributed by atoms with E-state index >= 15 is 0 Å². The summed E-state index contributed by atoms with van der Waals surface area (Å²) in [6, 6.07) is 10.6. The van der Waals surface area contributed by atoms with E-state index < -0.39 is 15.8 Å². The number of nitrogens with zero attached hydrogens (tertiary/aromatic N) is 3. The maximum Gasteiger partial charge on any atom is 0.366 e. The molecule has 25 heavy (non-hydrogen) atoms. The molecule has 0 amide bonds. The van der Waals surface area contributed by atoms with Gasteiger partial charge in [0, 0.05) is 30.7 Å². The molecule has 0 aromatic heterocycles. The lowest BCUT2D eigenvalue weighted by Crippen LogP contribution is -2.16. The van der Waals surface area contributed by atoms with Gasteiger partial charge in [-0.15, -0.1) is 0 Å². The first-order valence-electron chi connectivity index (χ1n) is 6.88. The Labute approximate surface area is 140 Å². The number of nitro benzene ring substituents is 2. The van der Waals surface area contributed by atoms with Crippen molar-refractivity contribution in [3.8, 4) is 0 Å². The van der Waals surface area contributed by atoms with Crippen LogP contribution in [0.3, 0.4) is 0 Å². The van der Waals surface area contributed by atoms with Gasteiger partial charge in [0.05, 0.1) is 15.4 Å². The van der Waals surface area contributed by atoms with E-state index in [1.165, 1.54) is 42.5 Å². The van der Waals surface area contributed by atoms with Gasteiger partial charge in [-0.1, -0.05) is 23.4 Å². The molecule has 0 spiro atoms. The summed E-state index contributed by atoms with van der Waals surface area (Å²) in [5.74, 6) is -0.928. The summed E-state index contributed by atoms with van der Waals surface area (Å²) in [6.45, 7) is 0. The third-order valence-electron chi connectivity index (χ3n) is 3.07. The van der Waals surface area contributed by atoms with Crippen molar-refractivity contribution in [3.05, 3.63) is 79.9 Å². The number of rotatable bonds is 6. The Kier molecular flexibility index (Phi) is 5.36. The van der Waals surface area contributed by atoms with Gasteiger partial charge in [0.1, 0.15) is 5.84 Å². The van der Waals surface area contributed by atoms with Crippen LogP contribution in [0.5, 0.6) is 0 Å². The van der Waals surface area contributed by atoms with Crippen molar-refractivity contribution in [1.82, 2.24) is 0 Å². The molecule has 2 aromatic rings. The zero-order valence-electron chi connectivity index (χ0n) is 12.7. The maximum absolute atomic E-state index is 11.8. The Morgan fingerprint density at radius 1 is 1.04 bits per heavy atom. The second-order valence-corrected chi connectivity index (χ2v) is 4.87. The van der Waals surface area contributed by atoms with Gasteiger partial charge in [-0.05, 0) is 11.6 Å². The van der Waals surface area contributed by atoms with Crippen LogP contribution < -0.4 is 5.73 Å². The second-order valence-electron chi connectivity index (χ2n) is 4.87. The van der Waals surface area contributed by atoms with Crippen molar-refractivity contribution < 1.29 is 19.5 Å². The first-order valence-corrected chi connectivity index (χ1v) is 6.88. The SMILES string of the molecule is N/C(Cc1ccc([N+](=O)[O-])cc1)=N\OC(=O)c1cccc([N+](=O)[O-])c1. The quantitative estimate of drug-likeness (QED) is 0.277. The molecule has 0 aliphatic carbocycles. The van der Waals surface area contributed by atoms with Crippen LogP contribution in [0.2, 0.25) is 0 Å². The van der Waals surface area contributed by atoms with Crippen molar-refractivity contribution in [3.63, 3.8) is 0 Å². The monoisotopic (exact) mass is 344 g/mol. The average molecular weight is 344 g/mol. The fourth-order valence-corrected chi connectivity index (χ4v) is 1.88. The van der Waals surface area contributed by atoms with E-state index in [1.807, 2.05) is 0 Å². The maximum atomic E-state index is 11.8. The number of benzene rings is 2. The van der Waals surface area contributed by atoms with Crippen LogP contribution in [0.1, 0.15) is 15.9 Å². The molecule has 10 nitrogen and oxygen atoms in total. The van der Waals surface area contributed by atoms with Crippen molar-refractivity contribution in [2.45, 2.75) is 6.42 Å². The number of amidine groups is 1.